The topological polar surface area (TPSA) is 450 Å². The van der Waals surface area contributed by atoms with Gasteiger partial charge < -0.3 is 63.3 Å². The van der Waals surface area contributed by atoms with E-state index in [9.17, 15) is 19.2 Å². The van der Waals surface area contributed by atoms with Crippen LogP contribution in [0.15, 0.2) is 338 Å². The van der Waals surface area contributed by atoms with E-state index in [1.165, 1.54) is 66.7 Å². The van der Waals surface area contributed by atoms with Crippen molar-refractivity contribution in [2.45, 2.75) is 50.1 Å². The van der Waals surface area contributed by atoms with Crippen molar-refractivity contribution in [3.63, 3.8) is 0 Å². The minimum Gasteiger partial charge on any atom is -0.480 e. The van der Waals surface area contributed by atoms with Gasteiger partial charge in [-0.2, -0.15) is 20.4 Å². The molecular weight excluding hydrogens is 1750 g/mol. The summed E-state index contributed by atoms with van der Waals surface area (Å²) in [5.41, 5.74) is 9.86. The number of aromatic amines is 1. The quantitative estimate of drug-likeness (QED) is 0.0355. The Morgan fingerprint density at radius 1 is 0.384 bits per heavy atom. The minimum absolute atomic E-state index is 0.0294. The van der Waals surface area contributed by atoms with Gasteiger partial charge in [0.25, 0.3) is 34.8 Å². The molecule has 684 valence electrons. The molecule has 0 aliphatic carbocycles. The Bertz CT molecular complexity index is 7500. The summed E-state index contributed by atoms with van der Waals surface area (Å²) in [4.78, 5) is 115. The van der Waals surface area contributed by atoms with Crippen molar-refractivity contribution in [2.75, 3.05) is 56.8 Å². The van der Waals surface area contributed by atoms with Crippen LogP contribution in [0.5, 0.6) is 5.88 Å². The Labute approximate surface area is 787 Å². The van der Waals surface area contributed by atoms with Crippen LogP contribution in [0.4, 0.5) is 22.9 Å². The van der Waals surface area contributed by atoms with Crippen LogP contribution < -0.4 is 26.0 Å². The van der Waals surface area contributed by atoms with Crippen molar-refractivity contribution < 1.29 is 56.2 Å². The number of amides is 4. The van der Waals surface area contributed by atoms with Crippen LogP contribution in [0, 0.1) is 27.7 Å². The van der Waals surface area contributed by atoms with E-state index in [0.29, 0.717) is 68.2 Å². The Morgan fingerprint density at radius 3 is 1.57 bits per heavy atom. The number of H-pyrrole nitrogens is 1. The van der Waals surface area contributed by atoms with E-state index in [-0.39, 0.29) is 17.7 Å². The fraction of sp³-hybridized carbons (Fsp3) is 0.126. The maximum Gasteiger partial charge on any atom is 0.272 e. The molecule has 20 aromatic rings. The number of carbonyl (C=O) groups is 4. The number of imidazole rings is 1. The fourth-order valence-electron chi connectivity index (χ4n) is 16.3. The lowest BCUT2D eigenvalue weighted by atomic mass is 9.86. The Kier molecular flexibility index (Phi) is 27.3. The fourth-order valence-corrected chi connectivity index (χ4v) is 16.3. The smallest absolute Gasteiger partial charge is 0.272 e. The summed E-state index contributed by atoms with van der Waals surface area (Å²) >= 11 is 0. The monoisotopic (exact) mass is 1840 g/mol. The van der Waals surface area contributed by atoms with Gasteiger partial charge in [-0.25, -0.2) is 24.9 Å². The maximum absolute atomic E-state index is 13.9. The molecule has 4 atom stereocenters. The first-order valence-electron chi connectivity index (χ1n) is 42.8. The van der Waals surface area contributed by atoms with Gasteiger partial charge in [0, 0.05) is 187 Å². The van der Waals surface area contributed by atoms with E-state index in [1.807, 2.05) is 173 Å². The number of aromatic nitrogens is 19. The van der Waals surface area contributed by atoms with Crippen molar-refractivity contribution >= 4 is 90.1 Å². The molecule has 0 fully saturated rings. The van der Waals surface area contributed by atoms with E-state index in [0.717, 1.165) is 99.2 Å². The van der Waals surface area contributed by atoms with Gasteiger partial charge in [0.2, 0.25) is 28.9 Å². The number of ether oxygens (including phenoxy) is 5. The Morgan fingerprint density at radius 2 is 0.942 bits per heavy atom. The standard InChI is InChI=1S/C26H22N6O3.C26H22N6O2.C26H21N5O3.C25H20N6O4/c1-16-6-4-9-30-23(16)26(34-3,25-31-10-11-35-25)24(33)32-21-15-28-13-19(17(21)2)20-14-27-12-18-7-5-8-29-22(18)20;1-17-7-3-5-9-22(17)26(34-2,24-28-11-12-29-24)25(33)31-19-13-18(14-27-15-19)21-16-30-32-23-10-6-4-8-20(21)23;1-17-8-3-5-10-20(17)26(33-2,23-14-15-34-31-23)25(32)29-24-13-7-12-21(28-24)19-16-27-30-22-11-6-4-9-18(19)22;1-33-22-19(12-17(14-30-22)18-15-26-13-16-6-5-9-28-21(16)18)31-23(32)25(34-2,24-29-10-11-35-24)20-7-3-4-8-27-20/h4-15H,1-3H3,(H,32,33);3-16H,1-2H3,(H,28,29)(H,31,33);3-16H,1-2H3,(H,28,29,32);3-15H,1-2H3,(H,31,32)/t3*26-;25-/m1001/s1. The summed E-state index contributed by atoms with van der Waals surface area (Å²) < 4.78 is 44.9. The number of aryl methyl sites for hydroxylation is 3. The number of nitrogens with zero attached hydrogens (tertiary/aromatic N) is 18. The minimum atomic E-state index is -1.76. The number of pyridine rings is 10. The summed E-state index contributed by atoms with van der Waals surface area (Å²) in [6.07, 6.45) is 35.5. The molecule has 16 heterocycles. The third kappa shape index (κ3) is 17.9. The van der Waals surface area contributed by atoms with Gasteiger partial charge in [-0.3, -0.25) is 59.0 Å². The zero-order valence-corrected chi connectivity index (χ0v) is 75.5. The highest BCUT2D eigenvalue weighted by atomic mass is 16.5. The zero-order chi connectivity index (χ0) is 95.8. The second-order valence-corrected chi connectivity index (χ2v) is 31.0. The summed E-state index contributed by atoms with van der Waals surface area (Å²) in [7, 11) is 7.25. The van der Waals surface area contributed by atoms with Gasteiger partial charge in [0.15, 0.2) is 5.82 Å². The lowest BCUT2D eigenvalue weighted by molar-refractivity contribution is -0.137. The second kappa shape index (κ2) is 41.0. The first kappa shape index (κ1) is 91.8. The normalized spacial score (nSPS) is 12.8. The third-order valence-electron chi connectivity index (χ3n) is 23.1. The molecule has 0 saturated heterocycles. The Hall–Kier alpha value is -18.1. The largest absolute Gasteiger partial charge is 0.480 e. The predicted molar refractivity (Wildman–Crippen MR) is 512 cm³/mol. The molecule has 0 radical (unpaired) electrons. The highest BCUT2D eigenvalue weighted by Crippen LogP contribution is 2.43. The van der Waals surface area contributed by atoms with E-state index in [2.05, 4.69) is 117 Å². The maximum atomic E-state index is 13.9. The van der Waals surface area contributed by atoms with Crippen LogP contribution in [0.25, 0.3) is 88.2 Å². The molecule has 16 aromatic heterocycles. The molecule has 138 heavy (non-hydrogen) atoms. The number of fused-ring (bicyclic) bond motifs is 4. The molecule has 4 aromatic carbocycles. The number of hydrogen-bond donors (Lipinski definition) is 5. The molecular formula is C103H85N23O12. The van der Waals surface area contributed by atoms with Crippen molar-refractivity contribution in [3.05, 3.63) is 393 Å². The number of oxazole rings is 2. The summed E-state index contributed by atoms with van der Waals surface area (Å²) in [5.74, 6) is -0.881. The van der Waals surface area contributed by atoms with Gasteiger partial charge in [0.1, 0.15) is 36.0 Å². The average Bonchev–Trinajstić information content (AvgIpc) is 1.39. The van der Waals surface area contributed by atoms with Crippen molar-refractivity contribution in [2.24, 2.45) is 0 Å². The molecule has 4 amide bonds. The molecule has 0 spiro atoms. The van der Waals surface area contributed by atoms with Crippen molar-refractivity contribution in [1.29, 1.82) is 0 Å². The predicted octanol–water partition coefficient (Wildman–Crippen LogP) is 16.6. The van der Waals surface area contributed by atoms with Gasteiger partial charge in [-0.15, -0.1) is 0 Å². The average molecular weight is 1840 g/mol. The van der Waals surface area contributed by atoms with Gasteiger partial charge in [-0.1, -0.05) is 108 Å². The molecule has 0 aliphatic rings. The second-order valence-electron chi connectivity index (χ2n) is 31.0. The van der Waals surface area contributed by atoms with E-state index in [4.69, 9.17) is 37.0 Å². The van der Waals surface area contributed by atoms with E-state index in [1.54, 1.807) is 148 Å². The summed E-state index contributed by atoms with van der Waals surface area (Å²) in [5, 5.41) is 36.0. The molecule has 0 bridgehead atoms. The Balaban J connectivity index is 0.000000127. The SMILES string of the molecule is CO[C@](C(=O)Nc1cccc(-c2cnnc3ccccc23)n1)(c1ccon1)c1ccccc1C.CO[C@](C(=O)Nc1cncc(-c2cncc3cccnc23)c1C)(c1ncco1)c1ncccc1C.CO[C@](C(=O)Nc1cncc(-c2cnnc3ccccc23)c1)(c1ncc[nH]1)c1ccccc1C.COc1ncc(-c2cncc3cccnc23)cc1NC(=O)[C@](OC)(c1ccccn1)c1ncco1. The third-order valence-corrected chi connectivity index (χ3v) is 23.1. The van der Waals surface area contributed by atoms with Crippen LogP contribution in [-0.2, 0) is 60.5 Å². The molecule has 0 saturated carbocycles. The number of benzene rings is 4. The highest BCUT2D eigenvalue weighted by molar-refractivity contribution is 6.05. The lowest BCUT2D eigenvalue weighted by Gasteiger charge is -2.31. The number of rotatable bonds is 25. The van der Waals surface area contributed by atoms with Crippen LogP contribution in [0.1, 0.15) is 68.1 Å². The molecule has 20 rings (SSSR count). The van der Waals surface area contributed by atoms with Gasteiger partial charge in [0.05, 0.1) is 94.8 Å². The molecule has 5 N–H and O–H groups in total. The van der Waals surface area contributed by atoms with Crippen LogP contribution in [0.3, 0.4) is 0 Å². The highest BCUT2D eigenvalue weighted by Gasteiger charge is 2.52. The number of hydrogen-bond acceptors (Lipinski definition) is 30. The van der Waals surface area contributed by atoms with E-state index < -0.39 is 46.0 Å². The van der Waals surface area contributed by atoms with Crippen LogP contribution in [0.2, 0.25) is 0 Å². The lowest BCUT2D eigenvalue weighted by Crippen LogP contribution is -2.45. The van der Waals surface area contributed by atoms with Crippen LogP contribution in [-0.4, -0.2) is 155 Å². The van der Waals surface area contributed by atoms with Crippen LogP contribution >= 0.6 is 0 Å². The van der Waals surface area contributed by atoms with Gasteiger partial charge >= 0.3 is 0 Å². The number of methoxy groups -OCH3 is 5. The number of nitrogens with one attached hydrogen (secondary N) is 5. The summed E-state index contributed by atoms with van der Waals surface area (Å²) in [6.45, 7) is 7.60. The first-order chi connectivity index (χ1) is 67.5. The van der Waals surface area contributed by atoms with Gasteiger partial charge in [-0.05, 0) is 129 Å². The number of carbonyl (C=O) groups excluding carboxylic acids is 4. The molecule has 0 unspecified atom stereocenters. The zero-order valence-electron chi connectivity index (χ0n) is 75.5. The van der Waals surface area contributed by atoms with Crippen molar-refractivity contribution in [1.82, 2.24) is 95.3 Å². The van der Waals surface area contributed by atoms with Crippen molar-refractivity contribution in [3.8, 4) is 50.5 Å². The van der Waals surface area contributed by atoms with E-state index >= 15 is 0 Å². The first-order valence-corrected chi connectivity index (χ1v) is 42.8. The summed E-state index contributed by atoms with van der Waals surface area (Å²) in [6, 6.07) is 57.5. The molecule has 35 heteroatoms. The molecule has 0 aliphatic heterocycles. The number of anilines is 4. The molecule has 35 nitrogen and oxygen atoms in total.